The Morgan fingerprint density at radius 2 is 2.08 bits per heavy atom. The Morgan fingerprint density at radius 1 is 1.42 bits per heavy atom. The molecule has 0 aliphatic carbocycles. The van der Waals surface area contributed by atoms with Crippen LogP contribution in [0, 0.1) is 5.92 Å². The third-order valence-corrected chi connectivity index (χ3v) is 2.84. The van der Waals surface area contributed by atoms with E-state index in [2.05, 4.69) is 32.3 Å². The first-order valence-corrected chi connectivity index (χ1v) is 5.08. The number of rotatable bonds is 2. The first-order valence-electron chi connectivity index (χ1n) is 5.08. The lowest BCUT2D eigenvalue weighted by Gasteiger charge is -2.38. The molecule has 0 N–H and O–H groups in total. The van der Waals surface area contributed by atoms with Gasteiger partial charge >= 0.3 is 0 Å². The largest absolute Gasteiger partial charge is 0.372 e. The van der Waals surface area contributed by atoms with Crippen LogP contribution in [-0.2, 0) is 0 Å². The number of hydrogen-bond donors (Lipinski definition) is 0. The lowest BCUT2D eigenvalue weighted by Crippen LogP contribution is -2.37. The molecule has 1 saturated heterocycles. The third-order valence-electron chi connectivity index (χ3n) is 2.84. The van der Waals surface area contributed by atoms with Crippen molar-refractivity contribution in [1.29, 1.82) is 0 Å². The van der Waals surface area contributed by atoms with Gasteiger partial charge in [0.15, 0.2) is 0 Å². The summed E-state index contributed by atoms with van der Waals surface area (Å²) in [5.74, 6) is 0.602. The van der Waals surface area contributed by atoms with Crippen LogP contribution in [-0.4, -0.2) is 17.5 Å². The van der Waals surface area contributed by atoms with Crippen LogP contribution in [0.25, 0.3) is 0 Å². The van der Waals surface area contributed by atoms with E-state index in [1.807, 2.05) is 0 Å². The van der Waals surface area contributed by atoms with E-state index >= 15 is 0 Å². The molecule has 1 heterocycles. The zero-order chi connectivity index (χ0) is 9.14. The van der Waals surface area contributed by atoms with Crippen molar-refractivity contribution in [3.8, 4) is 0 Å². The Balaban J connectivity index is 2.53. The fourth-order valence-corrected chi connectivity index (χ4v) is 1.86. The summed E-state index contributed by atoms with van der Waals surface area (Å²) >= 11 is 0. The lowest BCUT2D eigenvalue weighted by atomic mass is 10.00. The second-order valence-electron chi connectivity index (χ2n) is 4.18. The van der Waals surface area contributed by atoms with Crippen LogP contribution < -0.4 is 0 Å². The highest BCUT2D eigenvalue weighted by atomic mass is 15.2. The summed E-state index contributed by atoms with van der Waals surface area (Å²) in [6.45, 7) is 12.1. The standard InChI is InChI=1S/C11H21N/c1-9(2)11(4)12-8-6-5-7-10(12)3/h9-10H,4-8H2,1-3H3. The molecule has 70 valence electrons. The Bertz CT molecular complexity index is 160. The van der Waals surface area contributed by atoms with Gasteiger partial charge in [-0.05, 0) is 32.1 Å². The lowest BCUT2D eigenvalue weighted by molar-refractivity contribution is 0.193. The van der Waals surface area contributed by atoms with Crippen molar-refractivity contribution in [1.82, 2.24) is 4.90 Å². The van der Waals surface area contributed by atoms with Crippen LogP contribution in [0.2, 0.25) is 0 Å². The summed E-state index contributed by atoms with van der Waals surface area (Å²) < 4.78 is 0. The predicted molar refractivity (Wildman–Crippen MR) is 54.0 cm³/mol. The van der Waals surface area contributed by atoms with Crippen LogP contribution in [0.1, 0.15) is 40.0 Å². The molecule has 1 rings (SSSR count). The number of hydrogen-bond acceptors (Lipinski definition) is 1. The molecule has 1 atom stereocenters. The van der Waals surface area contributed by atoms with E-state index in [1.165, 1.54) is 31.5 Å². The molecular weight excluding hydrogens is 146 g/mol. The SMILES string of the molecule is C=C(C(C)C)N1CCCCC1C. The zero-order valence-electron chi connectivity index (χ0n) is 8.64. The van der Waals surface area contributed by atoms with Gasteiger partial charge in [-0.1, -0.05) is 20.4 Å². The van der Waals surface area contributed by atoms with Gasteiger partial charge in [-0.3, -0.25) is 0 Å². The van der Waals surface area contributed by atoms with Crippen molar-refractivity contribution in [2.24, 2.45) is 5.92 Å². The minimum absolute atomic E-state index is 0.602. The van der Waals surface area contributed by atoms with Crippen molar-refractivity contribution in [2.75, 3.05) is 6.54 Å². The Morgan fingerprint density at radius 3 is 2.58 bits per heavy atom. The van der Waals surface area contributed by atoms with Crippen LogP contribution in [0.4, 0.5) is 0 Å². The van der Waals surface area contributed by atoms with Gasteiger partial charge in [0, 0.05) is 18.3 Å². The summed E-state index contributed by atoms with van der Waals surface area (Å²) in [6.07, 6.45) is 4.07. The topological polar surface area (TPSA) is 3.24 Å². The Kier molecular flexibility index (Phi) is 3.19. The van der Waals surface area contributed by atoms with E-state index in [-0.39, 0.29) is 0 Å². The Labute approximate surface area is 76.5 Å². The summed E-state index contributed by atoms with van der Waals surface area (Å²) in [5, 5.41) is 0. The maximum Gasteiger partial charge on any atom is 0.0258 e. The fourth-order valence-electron chi connectivity index (χ4n) is 1.86. The van der Waals surface area contributed by atoms with Crippen LogP contribution in [0.5, 0.6) is 0 Å². The van der Waals surface area contributed by atoms with Gasteiger partial charge in [0.05, 0.1) is 0 Å². The molecule has 0 aromatic rings. The third kappa shape index (κ3) is 2.02. The molecule has 0 bridgehead atoms. The van der Waals surface area contributed by atoms with Gasteiger partial charge in [0.25, 0.3) is 0 Å². The van der Waals surface area contributed by atoms with Gasteiger partial charge < -0.3 is 4.90 Å². The number of allylic oxidation sites excluding steroid dienone is 1. The van der Waals surface area contributed by atoms with E-state index in [0.717, 1.165) is 0 Å². The minimum Gasteiger partial charge on any atom is -0.372 e. The van der Waals surface area contributed by atoms with Gasteiger partial charge in [-0.15, -0.1) is 0 Å². The predicted octanol–water partition coefficient (Wildman–Crippen LogP) is 3.03. The molecule has 0 saturated carbocycles. The molecule has 1 unspecified atom stereocenters. The molecule has 12 heavy (non-hydrogen) atoms. The summed E-state index contributed by atoms with van der Waals surface area (Å²) in [6, 6.07) is 0.716. The first-order chi connectivity index (χ1) is 5.63. The van der Waals surface area contributed by atoms with E-state index in [1.54, 1.807) is 0 Å². The number of piperidine rings is 1. The smallest absolute Gasteiger partial charge is 0.0258 e. The molecule has 0 radical (unpaired) electrons. The normalized spacial score (nSPS) is 24.7. The average molecular weight is 167 g/mol. The van der Waals surface area contributed by atoms with Crippen molar-refractivity contribution in [2.45, 2.75) is 46.1 Å². The molecule has 0 spiro atoms. The van der Waals surface area contributed by atoms with Crippen molar-refractivity contribution < 1.29 is 0 Å². The van der Waals surface area contributed by atoms with Crippen molar-refractivity contribution in [3.05, 3.63) is 12.3 Å². The van der Waals surface area contributed by atoms with Crippen LogP contribution >= 0.6 is 0 Å². The molecule has 1 fully saturated rings. The van der Waals surface area contributed by atoms with E-state index in [0.29, 0.717) is 12.0 Å². The maximum atomic E-state index is 4.15. The maximum absolute atomic E-state index is 4.15. The second kappa shape index (κ2) is 3.97. The highest BCUT2D eigenvalue weighted by Gasteiger charge is 2.20. The Hall–Kier alpha value is -0.460. The number of likely N-dealkylation sites (tertiary alicyclic amines) is 1. The minimum atomic E-state index is 0.602. The van der Waals surface area contributed by atoms with Gasteiger partial charge in [0.1, 0.15) is 0 Å². The summed E-state index contributed by atoms with van der Waals surface area (Å²) in [5.41, 5.74) is 1.32. The summed E-state index contributed by atoms with van der Waals surface area (Å²) in [7, 11) is 0. The molecule has 1 heteroatoms. The molecule has 0 aromatic heterocycles. The molecule has 0 amide bonds. The fraction of sp³-hybridized carbons (Fsp3) is 0.818. The monoisotopic (exact) mass is 167 g/mol. The first kappa shape index (κ1) is 9.63. The average Bonchev–Trinajstić information content (AvgIpc) is 2.04. The van der Waals surface area contributed by atoms with Gasteiger partial charge in [-0.25, -0.2) is 0 Å². The molecule has 0 aromatic carbocycles. The second-order valence-corrected chi connectivity index (χ2v) is 4.18. The molecule has 1 aliphatic heterocycles. The van der Waals surface area contributed by atoms with E-state index in [4.69, 9.17) is 0 Å². The summed E-state index contributed by atoms with van der Waals surface area (Å²) in [4.78, 5) is 2.48. The molecule has 1 nitrogen and oxygen atoms in total. The van der Waals surface area contributed by atoms with Crippen LogP contribution in [0.3, 0.4) is 0 Å². The quantitative estimate of drug-likeness (QED) is 0.611. The highest BCUT2D eigenvalue weighted by molar-refractivity contribution is 5.00. The molecular formula is C11H21N. The van der Waals surface area contributed by atoms with Crippen molar-refractivity contribution >= 4 is 0 Å². The number of nitrogens with zero attached hydrogens (tertiary/aromatic N) is 1. The molecule has 1 aliphatic rings. The zero-order valence-corrected chi connectivity index (χ0v) is 8.64. The van der Waals surface area contributed by atoms with E-state index in [9.17, 15) is 0 Å². The highest BCUT2D eigenvalue weighted by Crippen LogP contribution is 2.23. The van der Waals surface area contributed by atoms with Crippen molar-refractivity contribution in [3.63, 3.8) is 0 Å². The van der Waals surface area contributed by atoms with E-state index < -0.39 is 0 Å². The van der Waals surface area contributed by atoms with Gasteiger partial charge in [-0.2, -0.15) is 0 Å². The van der Waals surface area contributed by atoms with Crippen LogP contribution in [0.15, 0.2) is 12.3 Å². The van der Waals surface area contributed by atoms with Gasteiger partial charge in [0.2, 0.25) is 0 Å².